The normalized spacial score (nSPS) is 22.8. The van der Waals surface area contributed by atoms with Gasteiger partial charge in [-0.15, -0.1) is 0 Å². The Morgan fingerprint density at radius 3 is 2.71 bits per heavy atom. The molecule has 0 unspecified atom stereocenters. The van der Waals surface area contributed by atoms with Gasteiger partial charge in [-0.05, 0) is 31.4 Å². The van der Waals surface area contributed by atoms with Crippen molar-refractivity contribution in [2.75, 3.05) is 38.3 Å². The molecule has 2 aliphatic heterocycles. The van der Waals surface area contributed by atoms with Crippen molar-refractivity contribution in [3.63, 3.8) is 0 Å². The van der Waals surface area contributed by atoms with Crippen LogP contribution in [-0.4, -0.2) is 49.9 Å². The highest BCUT2D eigenvalue weighted by Crippen LogP contribution is 2.33. The summed E-state index contributed by atoms with van der Waals surface area (Å²) < 4.78 is 16.8. The molecule has 3 aliphatic rings. The zero-order valence-electron chi connectivity index (χ0n) is 13.8. The van der Waals surface area contributed by atoms with E-state index < -0.39 is 0 Å². The Labute approximate surface area is 142 Å². The highest BCUT2D eigenvalue weighted by molar-refractivity contribution is 5.90. The molecule has 130 valence electrons. The van der Waals surface area contributed by atoms with Crippen LogP contribution in [0.4, 0.5) is 10.5 Å². The van der Waals surface area contributed by atoms with Crippen molar-refractivity contribution < 1.29 is 19.0 Å². The number of benzene rings is 1. The number of urea groups is 1. The van der Waals surface area contributed by atoms with E-state index in [1.165, 1.54) is 0 Å². The van der Waals surface area contributed by atoms with Gasteiger partial charge in [-0.3, -0.25) is 0 Å². The number of rotatable bonds is 4. The summed E-state index contributed by atoms with van der Waals surface area (Å²) in [6.07, 6.45) is 4.11. The van der Waals surface area contributed by atoms with Crippen LogP contribution in [0.25, 0.3) is 0 Å². The molecule has 0 aromatic heterocycles. The van der Waals surface area contributed by atoms with Gasteiger partial charge in [-0.25, -0.2) is 4.79 Å². The Hall–Kier alpha value is -1.95. The number of nitrogens with zero attached hydrogens (tertiary/aromatic N) is 1. The van der Waals surface area contributed by atoms with Crippen LogP contribution in [0.2, 0.25) is 0 Å². The molecule has 1 aromatic rings. The molecule has 24 heavy (non-hydrogen) atoms. The van der Waals surface area contributed by atoms with Gasteiger partial charge in [-0.1, -0.05) is 0 Å². The van der Waals surface area contributed by atoms with E-state index in [1.54, 1.807) is 0 Å². The van der Waals surface area contributed by atoms with Gasteiger partial charge >= 0.3 is 6.03 Å². The predicted octanol–water partition coefficient (Wildman–Crippen LogP) is 2.88. The minimum Gasteiger partial charge on any atom is -0.490 e. The van der Waals surface area contributed by atoms with Crippen molar-refractivity contribution in [3.05, 3.63) is 18.2 Å². The monoisotopic (exact) mass is 332 g/mol. The number of carbonyl (C=O) groups is 1. The Bertz CT molecular complexity index is 597. The van der Waals surface area contributed by atoms with Gasteiger partial charge in [0.15, 0.2) is 11.5 Å². The first kappa shape index (κ1) is 15.6. The molecule has 1 aliphatic carbocycles. The van der Waals surface area contributed by atoms with Crippen LogP contribution < -0.4 is 14.8 Å². The van der Waals surface area contributed by atoms with E-state index in [-0.39, 0.29) is 6.03 Å². The molecule has 4 rings (SSSR count). The highest BCUT2D eigenvalue weighted by atomic mass is 16.5. The van der Waals surface area contributed by atoms with Crippen LogP contribution in [0.15, 0.2) is 18.2 Å². The summed E-state index contributed by atoms with van der Waals surface area (Å²) in [5, 5.41) is 3.02. The quantitative estimate of drug-likeness (QED) is 0.921. The second-order valence-corrected chi connectivity index (χ2v) is 6.76. The van der Waals surface area contributed by atoms with Gasteiger partial charge in [0, 0.05) is 43.3 Å². The number of hydrogen-bond donors (Lipinski definition) is 1. The maximum absolute atomic E-state index is 12.7. The van der Waals surface area contributed by atoms with Gasteiger partial charge < -0.3 is 24.4 Å². The number of fused-ring (bicyclic) bond motifs is 1. The number of nitrogens with one attached hydrogen (secondary N) is 1. The standard InChI is InChI=1S/C18H24N2O4/c21-18(20(15-3-4-15)11-13-6-9-22-12-13)19-14-2-5-16-17(10-14)24-8-1-7-23-16/h2,5,10,13,15H,1,3-4,6-9,11-12H2,(H,19,21)/t13-/m1/s1. The number of anilines is 1. The molecule has 1 aromatic carbocycles. The van der Waals surface area contributed by atoms with Crippen molar-refractivity contribution in [3.8, 4) is 11.5 Å². The lowest BCUT2D eigenvalue weighted by atomic mass is 10.1. The Balaban J connectivity index is 1.43. The van der Waals surface area contributed by atoms with E-state index >= 15 is 0 Å². The van der Waals surface area contributed by atoms with Crippen molar-refractivity contribution in [2.24, 2.45) is 5.92 Å². The van der Waals surface area contributed by atoms with Crippen LogP contribution in [0, 0.1) is 5.92 Å². The lowest BCUT2D eigenvalue weighted by Gasteiger charge is -2.25. The topological polar surface area (TPSA) is 60.0 Å². The summed E-state index contributed by atoms with van der Waals surface area (Å²) in [6.45, 7) is 3.66. The third-order valence-electron chi connectivity index (χ3n) is 4.73. The smallest absolute Gasteiger partial charge is 0.322 e. The number of carbonyl (C=O) groups excluding carboxylic acids is 1. The lowest BCUT2D eigenvalue weighted by Crippen LogP contribution is -2.40. The van der Waals surface area contributed by atoms with Crippen molar-refractivity contribution in [2.45, 2.75) is 31.7 Å². The van der Waals surface area contributed by atoms with Crippen molar-refractivity contribution >= 4 is 11.7 Å². The maximum atomic E-state index is 12.7. The summed E-state index contributed by atoms with van der Waals surface area (Å²) in [4.78, 5) is 14.7. The molecule has 1 saturated heterocycles. The lowest BCUT2D eigenvalue weighted by molar-refractivity contribution is 0.167. The minimum atomic E-state index is -0.0288. The molecule has 2 heterocycles. The summed E-state index contributed by atoms with van der Waals surface area (Å²) >= 11 is 0. The van der Waals surface area contributed by atoms with Gasteiger partial charge in [0.2, 0.25) is 0 Å². The Kier molecular flexibility index (Phi) is 4.47. The molecular weight excluding hydrogens is 308 g/mol. The molecule has 2 fully saturated rings. The van der Waals surface area contributed by atoms with E-state index in [9.17, 15) is 4.79 Å². The molecule has 6 heteroatoms. The van der Waals surface area contributed by atoms with Gasteiger partial charge in [0.05, 0.1) is 19.8 Å². The number of hydrogen-bond acceptors (Lipinski definition) is 4. The Morgan fingerprint density at radius 2 is 1.96 bits per heavy atom. The third-order valence-corrected chi connectivity index (χ3v) is 4.73. The molecular formula is C18H24N2O4. The van der Waals surface area contributed by atoms with E-state index in [1.807, 2.05) is 23.1 Å². The first-order valence-corrected chi connectivity index (χ1v) is 8.84. The average molecular weight is 332 g/mol. The van der Waals surface area contributed by atoms with Crippen LogP contribution in [-0.2, 0) is 4.74 Å². The average Bonchev–Trinajstić information content (AvgIpc) is 3.34. The first-order chi connectivity index (χ1) is 11.8. The Morgan fingerprint density at radius 1 is 1.12 bits per heavy atom. The van der Waals surface area contributed by atoms with E-state index in [0.717, 1.165) is 56.9 Å². The summed E-state index contributed by atoms with van der Waals surface area (Å²) in [6, 6.07) is 5.94. The number of ether oxygens (including phenoxy) is 3. The van der Waals surface area contributed by atoms with Gasteiger partial charge in [0.25, 0.3) is 0 Å². The van der Waals surface area contributed by atoms with Crippen LogP contribution in [0.3, 0.4) is 0 Å². The van der Waals surface area contributed by atoms with Crippen molar-refractivity contribution in [1.29, 1.82) is 0 Å². The summed E-state index contributed by atoms with van der Waals surface area (Å²) in [5.74, 6) is 1.90. The maximum Gasteiger partial charge on any atom is 0.322 e. The largest absolute Gasteiger partial charge is 0.490 e. The number of amides is 2. The fourth-order valence-corrected chi connectivity index (χ4v) is 3.23. The van der Waals surface area contributed by atoms with Crippen molar-refractivity contribution in [1.82, 2.24) is 4.90 Å². The van der Waals surface area contributed by atoms with Gasteiger partial charge in [0.1, 0.15) is 0 Å². The summed E-state index contributed by atoms with van der Waals surface area (Å²) in [7, 11) is 0. The molecule has 1 atom stereocenters. The zero-order valence-corrected chi connectivity index (χ0v) is 13.8. The molecule has 0 bridgehead atoms. The fraction of sp³-hybridized carbons (Fsp3) is 0.611. The van der Waals surface area contributed by atoms with Crippen LogP contribution in [0.5, 0.6) is 11.5 Å². The fourth-order valence-electron chi connectivity index (χ4n) is 3.23. The molecule has 0 spiro atoms. The molecule has 1 N–H and O–H groups in total. The molecule has 6 nitrogen and oxygen atoms in total. The molecule has 0 radical (unpaired) electrons. The first-order valence-electron chi connectivity index (χ1n) is 8.84. The van der Waals surface area contributed by atoms with E-state index in [0.29, 0.717) is 30.9 Å². The third kappa shape index (κ3) is 3.59. The van der Waals surface area contributed by atoms with Crippen LogP contribution >= 0.6 is 0 Å². The van der Waals surface area contributed by atoms with E-state index in [4.69, 9.17) is 14.2 Å². The van der Waals surface area contributed by atoms with Crippen LogP contribution in [0.1, 0.15) is 25.7 Å². The minimum absolute atomic E-state index is 0.0288. The molecule has 2 amide bonds. The predicted molar refractivity (Wildman–Crippen MR) is 89.7 cm³/mol. The molecule has 1 saturated carbocycles. The highest BCUT2D eigenvalue weighted by Gasteiger charge is 2.35. The second kappa shape index (κ2) is 6.89. The van der Waals surface area contributed by atoms with E-state index in [2.05, 4.69) is 5.32 Å². The zero-order chi connectivity index (χ0) is 16.4. The SMILES string of the molecule is O=C(Nc1ccc2c(c1)OCCCO2)N(C[C@H]1CCOC1)C1CC1. The summed E-state index contributed by atoms with van der Waals surface area (Å²) in [5.41, 5.74) is 0.748. The second-order valence-electron chi connectivity index (χ2n) is 6.76. The van der Waals surface area contributed by atoms with Gasteiger partial charge in [-0.2, -0.15) is 0 Å².